The Labute approximate surface area is 189 Å². The van der Waals surface area contributed by atoms with E-state index in [4.69, 9.17) is 4.74 Å². The van der Waals surface area contributed by atoms with E-state index in [9.17, 15) is 4.79 Å². The first-order valence-electron chi connectivity index (χ1n) is 10.9. The first-order valence-corrected chi connectivity index (χ1v) is 10.9. The number of piperidine rings is 1. The van der Waals surface area contributed by atoms with Crippen LogP contribution in [-0.4, -0.2) is 80.9 Å². The number of carbonyl (C=O) groups excluding carboxylic acids is 1. The molecule has 2 atom stereocenters. The molecule has 2 saturated heterocycles. The molecule has 0 spiro atoms. The van der Waals surface area contributed by atoms with Crippen LogP contribution in [0.25, 0.3) is 0 Å². The van der Waals surface area contributed by atoms with Crippen LogP contribution in [-0.2, 0) is 0 Å². The van der Waals surface area contributed by atoms with Crippen molar-refractivity contribution in [3.63, 3.8) is 0 Å². The van der Waals surface area contributed by atoms with Crippen molar-refractivity contribution in [3.8, 4) is 5.75 Å². The zero-order chi connectivity index (χ0) is 22.8. The number of nitrogens with zero attached hydrogens (tertiary/aromatic N) is 7. The number of carbonyl (C=O) groups is 1. The molecular formula is C23H31N7O2. The molecule has 2 fully saturated rings. The summed E-state index contributed by atoms with van der Waals surface area (Å²) < 4.78 is 5.37. The number of benzene rings is 1. The van der Waals surface area contributed by atoms with E-state index in [0.717, 1.165) is 43.4 Å². The highest BCUT2D eigenvalue weighted by Gasteiger charge is 2.45. The molecule has 9 nitrogen and oxygen atoms in total. The minimum absolute atomic E-state index is 0.0283. The Hall–Kier alpha value is -3.36. The molecule has 2 aliphatic rings. The van der Waals surface area contributed by atoms with Crippen LogP contribution in [0, 0.1) is 5.92 Å². The fourth-order valence-electron chi connectivity index (χ4n) is 4.47. The van der Waals surface area contributed by atoms with Crippen LogP contribution in [0.15, 0.2) is 35.7 Å². The number of amides is 1. The van der Waals surface area contributed by atoms with E-state index in [0.29, 0.717) is 17.2 Å². The Morgan fingerprint density at radius 2 is 2.03 bits per heavy atom. The Balaban J connectivity index is 1.55. The highest BCUT2D eigenvalue weighted by Crippen LogP contribution is 2.37. The highest BCUT2D eigenvalue weighted by molar-refractivity contribution is 6.01. The largest absolute Gasteiger partial charge is 0.497 e. The van der Waals surface area contributed by atoms with E-state index in [1.54, 1.807) is 24.7 Å². The SMILES string of the molecule is C/C=N\N(C)c1cc(OC)ccc1C(=O)N1CC2CCN(c3cc(N(C)C)ncn3)CC21. The van der Waals surface area contributed by atoms with Crippen molar-refractivity contribution in [3.05, 3.63) is 36.2 Å². The number of anilines is 3. The maximum atomic E-state index is 13.6. The van der Waals surface area contributed by atoms with Crippen molar-refractivity contribution in [2.24, 2.45) is 11.0 Å². The Morgan fingerprint density at radius 3 is 2.75 bits per heavy atom. The van der Waals surface area contributed by atoms with E-state index >= 15 is 0 Å². The highest BCUT2D eigenvalue weighted by atomic mass is 16.5. The quantitative estimate of drug-likeness (QED) is 0.507. The summed E-state index contributed by atoms with van der Waals surface area (Å²) >= 11 is 0. The van der Waals surface area contributed by atoms with Crippen molar-refractivity contribution in [1.29, 1.82) is 0 Å². The van der Waals surface area contributed by atoms with Crippen LogP contribution in [0.3, 0.4) is 0 Å². The number of likely N-dealkylation sites (tertiary alicyclic amines) is 1. The number of hydrogen-bond donors (Lipinski definition) is 0. The fourth-order valence-corrected chi connectivity index (χ4v) is 4.47. The lowest BCUT2D eigenvalue weighted by molar-refractivity contribution is 0.00785. The zero-order valence-corrected chi connectivity index (χ0v) is 19.4. The van der Waals surface area contributed by atoms with Gasteiger partial charge in [0.15, 0.2) is 0 Å². The van der Waals surface area contributed by atoms with Gasteiger partial charge in [0.2, 0.25) is 0 Å². The van der Waals surface area contributed by atoms with E-state index in [1.165, 1.54) is 0 Å². The summed E-state index contributed by atoms with van der Waals surface area (Å²) in [5.74, 6) is 3.03. The number of hydrogen-bond acceptors (Lipinski definition) is 8. The Kier molecular flexibility index (Phi) is 6.16. The second-order valence-corrected chi connectivity index (χ2v) is 8.43. The lowest BCUT2D eigenvalue weighted by Gasteiger charge is -2.53. The minimum atomic E-state index is 0.0283. The predicted molar refractivity (Wildman–Crippen MR) is 127 cm³/mol. The van der Waals surface area contributed by atoms with Crippen molar-refractivity contribution in [2.45, 2.75) is 19.4 Å². The van der Waals surface area contributed by atoms with Gasteiger partial charge in [-0.2, -0.15) is 5.10 Å². The maximum absolute atomic E-state index is 13.6. The second kappa shape index (κ2) is 9.02. The van der Waals surface area contributed by atoms with Gasteiger partial charge in [-0.05, 0) is 25.5 Å². The minimum Gasteiger partial charge on any atom is -0.497 e. The lowest BCUT2D eigenvalue weighted by atomic mass is 9.81. The summed E-state index contributed by atoms with van der Waals surface area (Å²) in [7, 11) is 7.40. The van der Waals surface area contributed by atoms with Gasteiger partial charge >= 0.3 is 0 Å². The first kappa shape index (κ1) is 21.9. The van der Waals surface area contributed by atoms with Gasteiger partial charge in [0.25, 0.3) is 5.91 Å². The third kappa shape index (κ3) is 4.06. The van der Waals surface area contributed by atoms with Crippen molar-refractivity contribution < 1.29 is 9.53 Å². The molecular weight excluding hydrogens is 406 g/mol. The van der Waals surface area contributed by atoms with Crippen LogP contribution in [0.1, 0.15) is 23.7 Å². The van der Waals surface area contributed by atoms with E-state index < -0.39 is 0 Å². The third-order valence-corrected chi connectivity index (χ3v) is 6.31. The van der Waals surface area contributed by atoms with E-state index in [2.05, 4.69) is 20.0 Å². The molecule has 0 N–H and O–H groups in total. The van der Waals surface area contributed by atoms with Crippen LogP contribution >= 0.6 is 0 Å². The summed E-state index contributed by atoms with van der Waals surface area (Å²) in [6.45, 7) is 4.35. The molecule has 2 aliphatic heterocycles. The van der Waals surface area contributed by atoms with Crippen LogP contribution in [0.5, 0.6) is 5.75 Å². The van der Waals surface area contributed by atoms with Gasteiger partial charge in [0.05, 0.1) is 24.4 Å². The van der Waals surface area contributed by atoms with Gasteiger partial charge in [-0.15, -0.1) is 0 Å². The molecule has 32 heavy (non-hydrogen) atoms. The molecule has 1 aromatic heterocycles. The van der Waals surface area contributed by atoms with E-state index in [1.807, 2.05) is 62.1 Å². The normalized spacial score (nSPS) is 20.0. The molecule has 2 unspecified atom stereocenters. The average Bonchev–Trinajstić information content (AvgIpc) is 2.79. The fraction of sp³-hybridized carbons (Fsp3) is 0.478. The van der Waals surface area contributed by atoms with E-state index in [-0.39, 0.29) is 11.9 Å². The molecule has 9 heteroatoms. The zero-order valence-electron chi connectivity index (χ0n) is 19.4. The number of aromatic nitrogens is 2. The van der Waals surface area contributed by atoms with Crippen molar-refractivity contribution in [1.82, 2.24) is 14.9 Å². The monoisotopic (exact) mass is 437 g/mol. The topological polar surface area (TPSA) is 77.4 Å². The maximum Gasteiger partial charge on any atom is 0.256 e. The molecule has 1 amide bonds. The number of rotatable bonds is 6. The average molecular weight is 438 g/mol. The molecule has 3 heterocycles. The van der Waals surface area contributed by atoms with Gasteiger partial charge in [-0.1, -0.05) is 0 Å². The predicted octanol–water partition coefficient (Wildman–Crippen LogP) is 2.34. The molecule has 1 aromatic carbocycles. The van der Waals surface area contributed by atoms with Crippen LogP contribution in [0.2, 0.25) is 0 Å². The summed E-state index contributed by atoms with van der Waals surface area (Å²) in [4.78, 5) is 28.6. The third-order valence-electron chi connectivity index (χ3n) is 6.31. The molecule has 4 rings (SSSR count). The lowest BCUT2D eigenvalue weighted by Crippen LogP contribution is -2.65. The number of methoxy groups -OCH3 is 1. The molecule has 0 bridgehead atoms. The van der Waals surface area contributed by atoms with Gasteiger partial charge in [-0.3, -0.25) is 9.80 Å². The van der Waals surface area contributed by atoms with Crippen LogP contribution in [0.4, 0.5) is 17.3 Å². The van der Waals surface area contributed by atoms with Gasteiger partial charge < -0.3 is 19.4 Å². The molecule has 170 valence electrons. The molecule has 0 aliphatic carbocycles. The number of fused-ring (bicyclic) bond motifs is 1. The summed E-state index contributed by atoms with van der Waals surface area (Å²) in [6, 6.07) is 7.69. The van der Waals surface area contributed by atoms with Crippen LogP contribution < -0.4 is 19.5 Å². The Bertz CT molecular complexity index is 1010. The van der Waals surface area contributed by atoms with Crippen molar-refractivity contribution in [2.75, 3.05) is 62.7 Å². The molecule has 2 aromatic rings. The summed E-state index contributed by atoms with van der Waals surface area (Å²) in [5.41, 5.74) is 1.36. The second-order valence-electron chi connectivity index (χ2n) is 8.43. The first-order chi connectivity index (χ1) is 15.4. The number of ether oxygens (including phenoxy) is 1. The smallest absolute Gasteiger partial charge is 0.256 e. The summed E-state index contributed by atoms with van der Waals surface area (Å²) in [6.07, 6.45) is 4.36. The molecule has 0 radical (unpaired) electrons. The van der Waals surface area contributed by atoms with Crippen molar-refractivity contribution >= 4 is 29.4 Å². The standard InChI is InChI=1S/C23H31N7O2/c1-6-26-28(4)19-11-17(32-5)7-8-18(19)23(31)30-13-16-9-10-29(14-20(16)30)22-12-21(27(2)3)24-15-25-22/h6-8,11-12,15-16,20H,9-10,13-14H2,1-5H3/b26-6-. The number of hydrazone groups is 1. The van der Waals surface area contributed by atoms with Gasteiger partial charge in [-0.25, -0.2) is 9.97 Å². The Morgan fingerprint density at radius 1 is 1.22 bits per heavy atom. The van der Waals surface area contributed by atoms with Gasteiger partial charge in [0, 0.05) is 65.0 Å². The van der Waals surface area contributed by atoms with Gasteiger partial charge in [0.1, 0.15) is 23.7 Å². The molecule has 0 saturated carbocycles. The summed E-state index contributed by atoms with van der Waals surface area (Å²) in [5, 5.41) is 6.04.